The van der Waals surface area contributed by atoms with Crippen LogP contribution in [0.5, 0.6) is 0 Å². The molecule has 0 saturated heterocycles. The fourth-order valence-electron chi connectivity index (χ4n) is 1.51. The molecule has 0 aliphatic heterocycles. The Balaban J connectivity index is 2.29. The Morgan fingerprint density at radius 3 is 2.76 bits per heavy atom. The van der Waals surface area contributed by atoms with Gasteiger partial charge in [-0.05, 0) is 12.0 Å². The monoisotopic (exact) mass is 230 g/mol. The van der Waals surface area contributed by atoms with E-state index in [9.17, 15) is 4.79 Å². The van der Waals surface area contributed by atoms with E-state index in [0.29, 0.717) is 19.4 Å². The van der Waals surface area contributed by atoms with E-state index < -0.39 is 0 Å². The van der Waals surface area contributed by atoms with Gasteiger partial charge in [0.1, 0.15) is 0 Å². The number of rotatable bonds is 6. The molecule has 0 saturated carbocycles. The number of terminal acetylenes is 1. The Bertz CT molecular complexity index is 381. The summed E-state index contributed by atoms with van der Waals surface area (Å²) in [6, 6.07) is 9.37. The summed E-state index contributed by atoms with van der Waals surface area (Å²) in [6.07, 6.45) is 6.92. The van der Waals surface area contributed by atoms with Crippen molar-refractivity contribution < 1.29 is 4.79 Å². The molecule has 0 bridgehead atoms. The van der Waals surface area contributed by atoms with Crippen LogP contribution in [0.15, 0.2) is 30.3 Å². The zero-order chi connectivity index (χ0) is 12.5. The molecule has 0 aliphatic carbocycles. The first-order valence-electron chi connectivity index (χ1n) is 5.74. The van der Waals surface area contributed by atoms with Gasteiger partial charge < -0.3 is 11.1 Å². The summed E-state index contributed by atoms with van der Waals surface area (Å²) in [4.78, 5) is 11.5. The van der Waals surface area contributed by atoms with Gasteiger partial charge in [0.15, 0.2) is 0 Å². The van der Waals surface area contributed by atoms with E-state index in [2.05, 4.69) is 11.2 Å². The minimum Gasteiger partial charge on any atom is -0.356 e. The summed E-state index contributed by atoms with van der Waals surface area (Å²) < 4.78 is 0. The van der Waals surface area contributed by atoms with Crippen LogP contribution in [-0.4, -0.2) is 12.5 Å². The molecule has 1 amide bonds. The van der Waals surface area contributed by atoms with Gasteiger partial charge >= 0.3 is 0 Å². The fourth-order valence-corrected chi connectivity index (χ4v) is 1.51. The highest BCUT2D eigenvalue weighted by atomic mass is 16.1. The molecule has 1 aromatic rings. The van der Waals surface area contributed by atoms with Crippen LogP contribution in [0.2, 0.25) is 0 Å². The van der Waals surface area contributed by atoms with Gasteiger partial charge in [0.2, 0.25) is 5.91 Å². The summed E-state index contributed by atoms with van der Waals surface area (Å²) in [7, 11) is 0. The number of benzene rings is 1. The first-order chi connectivity index (χ1) is 8.24. The first kappa shape index (κ1) is 13.3. The lowest BCUT2D eigenvalue weighted by Gasteiger charge is -2.11. The van der Waals surface area contributed by atoms with Gasteiger partial charge in [-0.3, -0.25) is 4.79 Å². The summed E-state index contributed by atoms with van der Waals surface area (Å²) in [6.45, 7) is 0.616. The zero-order valence-corrected chi connectivity index (χ0v) is 9.86. The van der Waals surface area contributed by atoms with Crippen LogP contribution in [0.1, 0.15) is 30.9 Å². The molecule has 1 unspecified atom stereocenters. The van der Waals surface area contributed by atoms with Gasteiger partial charge in [-0.15, -0.1) is 12.3 Å². The lowest BCUT2D eigenvalue weighted by atomic mass is 10.0. The van der Waals surface area contributed by atoms with Crippen molar-refractivity contribution in [3.05, 3.63) is 35.9 Å². The Labute approximate surface area is 102 Å². The zero-order valence-electron chi connectivity index (χ0n) is 9.86. The third kappa shape index (κ3) is 5.19. The lowest BCUT2D eigenvalue weighted by molar-refractivity contribution is -0.121. The molecule has 0 heterocycles. The number of amides is 1. The Hall–Kier alpha value is -1.79. The van der Waals surface area contributed by atoms with Crippen molar-refractivity contribution in [1.29, 1.82) is 0 Å². The number of unbranched alkanes of at least 4 members (excludes halogenated alkanes) is 1. The Morgan fingerprint density at radius 1 is 1.41 bits per heavy atom. The van der Waals surface area contributed by atoms with Crippen molar-refractivity contribution >= 4 is 5.91 Å². The van der Waals surface area contributed by atoms with Crippen LogP contribution in [0.4, 0.5) is 0 Å². The number of nitrogens with one attached hydrogen (secondary N) is 1. The fraction of sp³-hybridized carbons (Fsp3) is 0.357. The average Bonchev–Trinajstić information content (AvgIpc) is 2.36. The Kier molecular flexibility index (Phi) is 5.84. The third-order valence-electron chi connectivity index (χ3n) is 2.45. The average molecular weight is 230 g/mol. The van der Waals surface area contributed by atoms with Crippen LogP contribution in [0, 0.1) is 12.3 Å². The highest BCUT2D eigenvalue weighted by molar-refractivity contribution is 5.76. The van der Waals surface area contributed by atoms with Gasteiger partial charge in [0.05, 0.1) is 0 Å². The van der Waals surface area contributed by atoms with E-state index in [1.54, 1.807) is 0 Å². The maximum Gasteiger partial charge on any atom is 0.221 e. The van der Waals surface area contributed by atoms with Crippen LogP contribution in [0.3, 0.4) is 0 Å². The second-order valence-corrected chi connectivity index (χ2v) is 3.88. The van der Waals surface area contributed by atoms with Crippen LogP contribution >= 0.6 is 0 Å². The van der Waals surface area contributed by atoms with Gasteiger partial charge in [0.25, 0.3) is 0 Å². The summed E-state index contributed by atoms with van der Waals surface area (Å²) in [5.74, 6) is 2.50. The molecular formula is C14H18N2O. The second-order valence-electron chi connectivity index (χ2n) is 3.88. The van der Waals surface area contributed by atoms with Gasteiger partial charge in [-0.1, -0.05) is 30.3 Å². The van der Waals surface area contributed by atoms with Gasteiger partial charge in [0, 0.05) is 25.4 Å². The van der Waals surface area contributed by atoms with Crippen molar-refractivity contribution in [3.63, 3.8) is 0 Å². The molecule has 3 N–H and O–H groups in total. The second kappa shape index (κ2) is 7.48. The molecule has 0 spiro atoms. The summed E-state index contributed by atoms with van der Waals surface area (Å²) in [5.41, 5.74) is 6.91. The van der Waals surface area contributed by atoms with Crippen molar-refractivity contribution in [2.24, 2.45) is 5.73 Å². The maximum absolute atomic E-state index is 11.5. The van der Waals surface area contributed by atoms with E-state index >= 15 is 0 Å². The first-order valence-corrected chi connectivity index (χ1v) is 5.74. The molecule has 1 atom stereocenters. The molecule has 3 heteroatoms. The molecule has 0 fully saturated rings. The largest absolute Gasteiger partial charge is 0.356 e. The topological polar surface area (TPSA) is 55.1 Å². The molecule has 90 valence electrons. The molecular weight excluding hydrogens is 212 g/mol. The minimum atomic E-state index is -0.246. The summed E-state index contributed by atoms with van der Waals surface area (Å²) >= 11 is 0. The molecule has 0 aromatic heterocycles. The molecule has 0 radical (unpaired) electrons. The minimum absolute atomic E-state index is 0.0293. The van der Waals surface area contributed by atoms with Crippen molar-refractivity contribution in [2.45, 2.75) is 25.3 Å². The Morgan fingerprint density at radius 2 is 2.12 bits per heavy atom. The van der Waals surface area contributed by atoms with Crippen LogP contribution in [-0.2, 0) is 4.79 Å². The smallest absolute Gasteiger partial charge is 0.221 e. The van der Waals surface area contributed by atoms with Crippen molar-refractivity contribution in [1.82, 2.24) is 5.32 Å². The van der Waals surface area contributed by atoms with E-state index in [1.165, 1.54) is 0 Å². The highest BCUT2D eigenvalue weighted by Crippen LogP contribution is 2.12. The van der Waals surface area contributed by atoms with Crippen LogP contribution < -0.4 is 11.1 Å². The van der Waals surface area contributed by atoms with Gasteiger partial charge in [-0.25, -0.2) is 0 Å². The maximum atomic E-state index is 11.5. The van der Waals surface area contributed by atoms with E-state index in [-0.39, 0.29) is 11.9 Å². The van der Waals surface area contributed by atoms with E-state index in [4.69, 9.17) is 12.2 Å². The highest BCUT2D eigenvalue weighted by Gasteiger charge is 2.10. The van der Waals surface area contributed by atoms with E-state index in [1.807, 2.05) is 30.3 Å². The van der Waals surface area contributed by atoms with Crippen molar-refractivity contribution in [2.75, 3.05) is 6.54 Å². The number of hydrogen-bond donors (Lipinski definition) is 2. The van der Waals surface area contributed by atoms with E-state index in [0.717, 1.165) is 12.0 Å². The summed E-state index contributed by atoms with van der Waals surface area (Å²) in [5, 5.41) is 2.80. The lowest BCUT2D eigenvalue weighted by Crippen LogP contribution is -2.28. The normalized spacial score (nSPS) is 11.5. The van der Waals surface area contributed by atoms with Crippen LogP contribution in [0.25, 0.3) is 0 Å². The standard InChI is InChI=1S/C14H18N2O/c1-2-3-7-10-16-14(17)11-13(15)12-8-5-4-6-9-12/h1,4-6,8-9,13H,3,7,10-11,15H2,(H,16,17). The molecule has 0 aliphatic rings. The number of hydrogen-bond acceptors (Lipinski definition) is 2. The number of nitrogens with two attached hydrogens (primary N) is 1. The molecule has 17 heavy (non-hydrogen) atoms. The van der Waals surface area contributed by atoms with Gasteiger partial charge in [-0.2, -0.15) is 0 Å². The molecule has 1 aromatic carbocycles. The molecule has 1 rings (SSSR count). The predicted octanol–water partition coefficient (Wildman–Crippen LogP) is 1.61. The number of carbonyl (C=O) groups is 1. The quantitative estimate of drug-likeness (QED) is 0.576. The molecule has 3 nitrogen and oxygen atoms in total. The number of carbonyl (C=O) groups excluding carboxylic acids is 1. The van der Waals surface area contributed by atoms with Crippen molar-refractivity contribution in [3.8, 4) is 12.3 Å². The third-order valence-corrected chi connectivity index (χ3v) is 2.45. The predicted molar refractivity (Wildman–Crippen MR) is 69.1 cm³/mol. The SMILES string of the molecule is C#CCCCNC(=O)CC(N)c1ccccc1.